The maximum Gasteiger partial charge on any atom is 0.229 e. The summed E-state index contributed by atoms with van der Waals surface area (Å²) in [6.45, 7) is 5.54. The number of ether oxygens (including phenoxy) is 2. The first-order valence-corrected chi connectivity index (χ1v) is 16.0. The van der Waals surface area contributed by atoms with Gasteiger partial charge in [-0.3, -0.25) is 4.98 Å². The van der Waals surface area contributed by atoms with Gasteiger partial charge in [-0.05, 0) is 42.8 Å². The summed E-state index contributed by atoms with van der Waals surface area (Å²) >= 11 is 0. The number of aromatic nitrogens is 4. The minimum absolute atomic E-state index is 0.0190. The molecule has 1 fully saturated rings. The van der Waals surface area contributed by atoms with Crippen molar-refractivity contribution in [3.05, 3.63) is 66.1 Å². The highest BCUT2D eigenvalue weighted by molar-refractivity contribution is 7.90. The fourth-order valence-corrected chi connectivity index (χ4v) is 5.68. The van der Waals surface area contributed by atoms with Crippen molar-refractivity contribution in [3.63, 3.8) is 0 Å². The molecule has 0 aliphatic carbocycles. The zero-order valence-electron chi connectivity index (χ0n) is 24.2. The molecule has 0 bridgehead atoms. The van der Waals surface area contributed by atoms with Crippen LogP contribution in [0, 0.1) is 17.6 Å². The first-order chi connectivity index (χ1) is 20.5. The molecule has 0 spiro atoms. The summed E-state index contributed by atoms with van der Waals surface area (Å²) in [6.07, 6.45) is 5.82. The lowest BCUT2D eigenvalue weighted by molar-refractivity contribution is 0.00183. The Morgan fingerprint density at radius 2 is 1.91 bits per heavy atom. The number of nitrogens with zero attached hydrogens (tertiary/aromatic N) is 5. The van der Waals surface area contributed by atoms with Crippen molar-refractivity contribution in [1.82, 2.24) is 19.6 Å². The predicted octanol–water partition coefficient (Wildman–Crippen LogP) is 3.56. The van der Waals surface area contributed by atoms with E-state index in [0.29, 0.717) is 42.4 Å². The number of halogens is 2. The SMILES string of the molecule is CCOCc1cc(F)c(-c2ccc3cnc(Nc4cnccc4N4CC(C)C(OCCS(C)(=O)=O)C(N)C4)n3n2)c(F)c1. The molecule has 4 aromatic rings. The number of piperidine rings is 1. The third-order valence-electron chi connectivity index (χ3n) is 7.29. The first-order valence-electron chi connectivity index (χ1n) is 14.0. The van der Waals surface area contributed by atoms with Crippen LogP contribution in [0.15, 0.2) is 48.9 Å². The Morgan fingerprint density at radius 1 is 1.14 bits per heavy atom. The predicted molar refractivity (Wildman–Crippen MR) is 160 cm³/mol. The molecule has 1 aromatic carbocycles. The Kier molecular flexibility index (Phi) is 9.20. The van der Waals surface area contributed by atoms with E-state index < -0.39 is 21.5 Å². The Hall–Kier alpha value is -3.72. The molecule has 14 heteroatoms. The fourth-order valence-electron chi connectivity index (χ4n) is 5.28. The number of rotatable bonds is 11. The van der Waals surface area contributed by atoms with Gasteiger partial charge in [0.05, 0.1) is 65.6 Å². The summed E-state index contributed by atoms with van der Waals surface area (Å²) in [7, 11) is -3.13. The third kappa shape index (κ3) is 7.09. The monoisotopic (exact) mass is 615 g/mol. The van der Waals surface area contributed by atoms with Crippen molar-refractivity contribution >= 4 is 32.7 Å². The lowest BCUT2D eigenvalue weighted by atomic mass is 9.92. The minimum atomic E-state index is -3.13. The Morgan fingerprint density at radius 3 is 2.60 bits per heavy atom. The second kappa shape index (κ2) is 12.9. The van der Waals surface area contributed by atoms with E-state index in [4.69, 9.17) is 15.2 Å². The van der Waals surface area contributed by atoms with Crippen LogP contribution < -0.4 is 16.0 Å². The topological polar surface area (TPSA) is 137 Å². The lowest BCUT2D eigenvalue weighted by Crippen LogP contribution is -2.57. The summed E-state index contributed by atoms with van der Waals surface area (Å²) in [5.74, 6) is -1.18. The highest BCUT2D eigenvalue weighted by Gasteiger charge is 2.34. The second-order valence-electron chi connectivity index (χ2n) is 10.7. The third-order valence-corrected chi connectivity index (χ3v) is 8.20. The summed E-state index contributed by atoms with van der Waals surface area (Å²) < 4.78 is 65.7. The molecule has 0 saturated carbocycles. The van der Waals surface area contributed by atoms with Crippen LogP contribution in [0.2, 0.25) is 0 Å². The highest BCUT2D eigenvalue weighted by Crippen LogP contribution is 2.32. The molecule has 11 nitrogen and oxygen atoms in total. The van der Waals surface area contributed by atoms with Gasteiger partial charge < -0.3 is 25.4 Å². The first kappa shape index (κ1) is 30.7. The molecule has 5 rings (SSSR count). The van der Waals surface area contributed by atoms with Crippen molar-refractivity contribution in [1.29, 1.82) is 0 Å². The average molecular weight is 616 g/mol. The van der Waals surface area contributed by atoms with E-state index >= 15 is 8.78 Å². The van der Waals surface area contributed by atoms with Gasteiger partial charge in [0.25, 0.3) is 0 Å². The van der Waals surface area contributed by atoms with Crippen LogP contribution in [0.1, 0.15) is 19.4 Å². The van der Waals surface area contributed by atoms with Crippen LogP contribution in [-0.4, -0.2) is 78.5 Å². The smallest absolute Gasteiger partial charge is 0.229 e. The van der Waals surface area contributed by atoms with Crippen molar-refractivity contribution < 1.29 is 26.7 Å². The van der Waals surface area contributed by atoms with Gasteiger partial charge in [0.2, 0.25) is 5.95 Å². The van der Waals surface area contributed by atoms with Gasteiger partial charge in [-0.1, -0.05) is 6.92 Å². The maximum absolute atomic E-state index is 15.0. The zero-order valence-corrected chi connectivity index (χ0v) is 25.0. The number of fused-ring (bicyclic) bond motifs is 1. The molecule has 0 radical (unpaired) electrons. The maximum atomic E-state index is 15.0. The van der Waals surface area contributed by atoms with E-state index in [0.717, 1.165) is 5.69 Å². The van der Waals surface area contributed by atoms with Crippen molar-refractivity contribution in [2.75, 3.05) is 48.5 Å². The van der Waals surface area contributed by atoms with Gasteiger partial charge >= 0.3 is 0 Å². The van der Waals surface area contributed by atoms with Gasteiger partial charge in [-0.15, -0.1) is 0 Å². The molecule has 1 saturated heterocycles. The molecule has 1 aliphatic rings. The molecular formula is C29H35F2N7O4S. The zero-order chi connectivity index (χ0) is 30.7. The summed E-state index contributed by atoms with van der Waals surface area (Å²) in [6, 6.07) is 7.24. The molecule has 1 aliphatic heterocycles. The molecule has 0 amide bonds. The number of pyridine rings is 1. The van der Waals surface area contributed by atoms with Crippen molar-refractivity contribution in [3.8, 4) is 11.3 Å². The molecule has 3 aromatic heterocycles. The van der Waals surface area contributed by atoms with Crippen LogP contribution in [0.5, 0.6) is 0 Å². The number of benzene rings is 1. The van der Waals surface area contributed by atoms with E-state index in [2.05, 4.69) is 25.3 Å². The molecule has 4 heterocycles. The molecule has 43 heavy (non-hydrogen) atoms. The summed E-state index contributed by atoms with van der Waals surface area (Å²) in [5.41, 5.74) is 8.83. The minimum Gasteiger partial charge on any atom is -0.377 e. The number of anilines is 3. The second-order valence-corrected chi connectivity index (χ2v) is 13.0. The average Bonchev–Trinajstić information content (AvgIpc) is 3.34. The molecule has 230 valence electrons. The molecule has 3 atom stereocenters. The number of nitrogens with one attached hydrogen (secondary N) is 1. The van der Waals surface area contributed by atoms with Gasteiger partial charge in [-0.2, -0.15) is 9.61 Å². The van der Waals surface area contributed by atoms with Crippen molar-refractivity contribution in [2.45, 2.75) is 32.6 Å². The van der Waals surface area contributed by atoms with Gasteiger partial charge in [0, 0.05) is 44.1 Å². The largest absolute Gasteiger partial charge is 0.377 e. The van der Waals surface area contributed by atoms with E-state index in [-0.39, 0.29) is 48.3 Å². The summed E-state index contributed by atoms with van der Waals surface area (Å²) in [4.78, 5) is 10.8. The van der Waals surface area contributed by atoms with Gasteiger partial charge in [0.1, 0.15) is 21.5 Å². The standard InChI is InChI=1S/C29H35F2N7O4S/c1-4-41-17-19-11-21(30)27(22(31)12-19)24-6-5-20-13-34-29(38(20)36-24)35-25-14-33-8-7-26(25)37-15-18(2)28(23(32)16-37)42-9-10-43(3,39)40/h5-8,11-14,18,23,28H,4,9-10,15-17,32H2,1-3H3,(H,34,35). The number of imidazole rings is 1. The van der Waals surface area contributed by atoms with Crippen LogP contribution in [0.4, 0.5) is 26.1 Å². The number of sulfone groups is 1. The Labute approximate surface area is 248 Å². The number of nitrogens with two attached hydrogens (primary N) is 1. The van der Waals surface area contributed by atoms with E-state index in [1.54, 1.807) is 30.7 Å². The van der Waals surface area contributed by atoms with E-state index in [1.165, 1.54) is 22.9 Å². The van der Waals surface area contributed by atoms with Crippen LogP contribution >= 0.6 is 0 Å². The lowest BCUT2D eigenvalue weighted by Gasteiger charge is -2.42. The van der Waals surface area contributed by atoms with Crippen LogP contribution in [0.3, 0.4) is 0 Å². The quantitative estimate of drug-likeness (QED) is 0.258. The number of hydrogen-bond donors (Lipinski definition) is 2. The van der Waals surface area contributed by atoms with Crippen molar-refractivity contribution in [2.24, 2.45) is 11.7 Å². The molecular weight excluding hydrogens is 580 g/mol. The fraction of sp³-hybridized carbons (Fsp3) is 0.414. The van der Waals surface area contributed by atoms with Gasteiger partial charge in [0.15, 0.2) is 0 Å². The van der Waals surface area contributed by atoms with Crippen LogP contribution in [-0.2, 0) is 25.9 Å². The number of hydrogen-bond acceptors (Lipinski definition) is 10. The highest BCUT2D eigenvalue weighted by atomic mass is 32.2. The summed E-state index contributed by atoms with van der Waals surface area (Å²) in [5, 5.41) is 7.77. The Bertz CT molecular complexity index is 1670. The normalized spacial score (nSPS) is 19.2. The van der Waals surface area contributed by atoms with Crippen LogP contribution in [0.25, 0.3) is 16.8 Å². The van der Waals surface area contributed by atoms with E-state index in [1.807, 2.05) is 19.9 Å². The molecule has 3 N–H and O–H groups in total. The van der Waals surface area contributed by atoms with E-state index in [9.17, 15) is 8.42 Å². The Balaban J connectivity index is 1.37. The van der Waals surface area contributed by atoms with Gasteiger partial charge in [-0.25, -0.2) is 22.2 Å². The molecule has 3 unspecified atom stereocenters.